The van der Waals surface area contributed by atoms with Crippen molar-refractivity contribution in [1.29, 1.82) is 0 Å². The molecule has 0 atom stereocenters. The highest BCUT2D eigenvalue weighted by molar-refractivity contribution is 6.31. The average molecular weight is 246 g/mol. The quantitative estimate of drug-likeness (QED) is 0.811. The second-order valence-electron chi connectivity index (χ2n) is 4.38. The largest absolute Gasteiger partial charge is 0.361 e. The van der Waals surface area contributed by atoms with Gasteiger partial charge in [-0.1, -0.05) is 17.7 Å². The highest BCUT2D eigenvalue weighted by Gasteiger charge is 2.14. The summed E-state index contributed by atoms with van der Waals surface area (Å²) in [6.07, 6.45) is 6.34. The third-order valence-corrected chi connectivity index (χ3v) is 3.43. The number of ketones is 1. The first kappa shape index (κ1) is 10.6. The average Bonchev–Trinajstić information content (AvgIpc) is 2.71. The molecule has 0 amide bonds. The number of hydrogen-bond donors (Lipinski definition) is 1. The van der Waals surface area contributed by atoms with Crippen LogP contribution in [0.5, 0.6) is 0 Å². The van der Waals surface area contributed by atoms with E-state index in [1.54, 1.807) is 6.08 Å². The van der Waals surface area contributed by atoms with Crippen LogP contribution in [0.3, 0.4) is 0 Å². The molecular formula is C14H12ClNO. The van der Waals surface area contributed by atoms with Crippen molar-refractivity contribution in [3.8, 4) is 0 Å². The Kier molecular flexibility index (Phi) is 2.52. The van der Waals surface area contributed by atoms with Crippen LogP contribution in [-0.4, -0.2) is 10.8 Å². The first-order valence-electron chi connectivity index (χ1n) is 5.74. The number of carbonyl (C=O) groups is 1. The Bertz CT molecular complexity index is 624. The summed E-state index contributed by atoms with van der Waals surface area (Å²) in [5.74, 6) is 0.231. The van der Waals surface area contributed by atoms with Crippen molar-refractivity contribution in [3.63, 3.8) is 0 Å². The van der Waals surface area contributed by atoms with Gasteiger partial charge in [0, 0.05) is 34.1 Å². The number of nitrogens with one attached hydrogen (secondary N) is 1. The van der Waals surface area contributed by atoms with Crippen molar-refractivity contribution < 1.29 is 4.79 Å². The number of fused-ring (bicyclic) bond motifs is 1. The van der Waals surface area contributed by atoms with Crippen molar-refractivity contribution in [2.45, 2.75) is 19.3 Å². The zero-order chi connectivity index (χ0) is 11.8. The predicted molar refractivity (Wildman–Crippen MR) is 70.1 cm³/mol. The number of halogens is 1. The van der Waals surface area contributed by atoms with E-state index >= 15 is 0 Å². The maximum absolute atomic E-state index is 11.5. The van der Waals surface area contributed by atoms with Crippen molar-refractivity contribution in [2.24, 2.45) is 0 Å². The minimum absolute atomic E-state index is 0.231. The van der Waals surface area contributed by atoms with Crippen molar-refractivity contribution in [3.05, 3.63) is 41.1 Å². The van der Waals surface area contributed by atoms with Crippen LogP contribution in [0.25, 0.3) is 16.5 Å². The summed E-state index contributed by atoms with van der Waals surface area (Å²) in [6.45, 7) is 0. The highest BCUT2D eigenvalue weighted by atomic mass is 35.5. The highest BCUT2D eigenvalue weighted by Crippen LogP contribution is 2.31. The molecule has 0 bridgehead atoms. The molecule has 1 aliphatic rings. The summed E-state index contributed by atoms with van der Waals surface area (Å²) < 4.78 is 0. The lowest BCUT2D eigenvalue weighted by atomic mass is 9.93. The normalized spacial score (nSPS) is 16.3. The van der Waals surface area contributed by atoms with Gasteiger partial charge in [0.25, 0.3) is 0 Å². The lowest BCUT2D eigenvalue weighted by molar-refractivity contribution is -0.114. The fraction of sp³-hybridized carbons (Fsp3) is 0.214. The molecule has 2 nitrogen and oxygen atoms in total. The van der Waals surface area contributed by atoms with E-state index in [0.717, 1.165) is 39.9 Å². The van der Waals surface area contributed by atoms with Gasteiger partial charge in [0.15, 0.2) is 5.78 Å². The second-order valence-corrected chi connectivity index (χ2v) is 4.82. The monoisotopic (exact) mass is 245 g/mol. The number of aromatic nitrogens is 1. The lowest BCUT2D eigenvalue weighted by Gasteiger charge is -2.10. The SMILES string of the molecule is O=C1C=C(c2c[nH]c3cc(Cl)ccc23)CCC1. The molecule has 1 aromatic heterocycles. The zero-order valence-corrected chi connectivity index (χ0v) is 10.1. The molecule has 2 aromatic rings. The van der Waals surface area contributed by atoms with Gasteiger partial charge in [0.1, 0.15) is 0 Å². The Morgan fingerprint density at radius 2 is 2.12 bits per heavy atom. The minimum atomic E-state index is 0.231. The summed E-state index contributed by atoms with van der Waals surface area (Å²) >= 11 is 5.95. The molecule has 1 heterocycles. The molecule has 0 fully saturated rings. The van der Waals surface area contributed by atoms with E-state index in [-0.39, 0.29) is 5.78 Å². The Hall–Kier alpha value is -1.54. The Morgan fingerprint density at radius 1 is 1.24 bits per heavy atom. The number of aromatic amines is 1. The summed E-state index contributed by atoms with van der Waals surface area (Å²) in [7, 11) is 0. The van der Waals surface area contributed by atoms with Crippen LogP contribution in [0.2, 0.25) is 5.02 Å². The van der Waals surface area contributed by atoms with Gasteiger partial charge in [-0.3, -0.25) is 4.79 Å². The smallest absolute Gasteiger partial charge is 0.155 e. The van der Waals surface area contributed by atoms with Crippen LogP contribution in [0, 0.1) is 0 Å². The first-order valence-corrected chi connectivity index (χ1v) is 6.12. The zero-order valence-electron chi connectivity index (χ0n) is 9.29. The van der Waals surface area contributed by atoms with E-state index in [4.69, 9.17) is 11.6 Å². The molecule has 0 saturated heterocycles. The number of H-pyrrole nitrogens is 1. The number of benzene rings is 1. The summed E-state index contributed by atoms with van der Waals surface area (Å²) in [6, 6.07) is 5.79. The fourth-order valence-corrected chi connectivity index (χ4v) is 2.54. The Balaban J connectivity index is 2.15. The maximum atomic E-state index is 11.5. The summed E-state index contributed by atoms with van der Waals surface area (Å²) in [4.78, 5) is 14.7. The van der Waals surface area contributed by atoms with Gasteiger partial charge in [-0.15, -0.1) is 0 Å². The molecule has 0 aliphatic heterocycles. The van der Waals surface area contributed by atoms with Crippen LogP contribution < -0.4 is 0 Å². The van der Waals surface area contributed by atoms with Crippen molar-refractivity contribution >= 4 is 33.9 Å². The summed E-state index contributed by atoms with van der Waals surface area (Å²) in [5, 5.41) is 1.86. The van der Waals surface area contributed by atoms with Gasteiger partial charge in [0.2, 0.25) is 0 Å². The number of hydrogen-bond acceptors (Lipinski definition) is 1. The maximum Gasteiger partial charge on any atom is 0.155 e. The molecule has 1 aromatic carbocycles. The molecule has 0 radical (unpaired) electrons. The minimum Gasteiger partial charge on any atom is -0.361 e. The van der Waals surface area contributed by atoms with Crippen LogP contribution in [0.1, 0.15) is 24.8 Å². The molecule has 3 heteroatoms. The summed E-state index contributed by atoms with van der Waals surface area (Å²) in [5.41, 5.74) is 3.28. The number of allylic oxidation sites excluding steroid dienone is 2. The Morgan fingerprint density at radius 3 is 2.94 bits per heavy atom. The van der Waals surface area contributed by atoms with E-state index in [0.29, 0.717) is 6.42 Å². The van der Waals surface area contributed by atoms with Crippen LogP contribution >= 0.6 is 11.6 Å². The molecule has 0 saturated carbocycles. The molecular weight excluding hydrogens is 234 g/mol. The molecule has 86 valence electrons. The van der Waals surface area contributed by atoms with Crippen molar-refractivity contribution in [2.75, 3.05) is 0 Å². The van der Waals surface area contributed by atoms with Gasteiger partial charge in [-0.2, -0.15) is 0 Å². The van der Waals surface area contributed by atoms with Crippen LogP contribution in [0.15, 0.2) is 30.5 Å². The fourth-order valence-electron chi connectivity index (χ4n) is 2.37. The standard InChI is InChI=1S/C14H12ClNO/c15-10-4-5-12-13(8-16-14(12)7-10)9-2-1-3-11(17)6-9/h4-8,16H,1-3H2. The number of rotatable bonds is 1. The van der Waals surface area contributed by atoms with Gasteiger partial charge < -0.3 is 4.98 Å². The number of carbonyl (C=O) groups excluding carboxylic acids is 1. The molecule has 1 N–H and O–H groups in total. The third kappa shape index (κ3) is 1.89. The van der Waals surface area contributed by atoms with E-state index in [2.05, 4.69) is 4.98 Å². The molecule has 0 spiro atoms. The molecule has 1 aliphatic carbocycles. The topological polar surface area (TPSA) is 32.9 Å². The van der Waals surface area contributed by atoms with Gasteiger partial charge >= 0.3 is 0 Å². The first-order chi connectivity index (χ1) is 8.24. The second kappa shape index (κ2) is 4.04. The van der Waals surface area contributed by atoms with Crippen LogP contribution in [0.4, 0.5) is 0 Å². The molecule has 0 unspecified atom stereocenters. The predicted octanol–water partition coefficient (Wildman–Crippen LogP) is 3.96. The van der Waals surface area contributed by atoms with Gasteiger partial charge in [-0.05, 0) is 36.6 Å². The van der Waals surface area contributed by atoms with Gasteiger partial charge in [0.05, 0.1) is 0 Å². The lowest BCUT2D eigenvalue weighted by Crippen LogP contribution is -2.01. The third-order valence-electron chi connectivity index (χ3n) is 3.19. The Labute approximate surface area is 104 Å². The van der Waals surface area contributed by atoms with Crippen molar-refractivity contribution in [1.82, 2.24) is 4.98 Å². The van der Waals surface area contributed by atoms with E-state index in [1.807, 2.05) is 24.4 Å². The van der Waals surface area contributed by atoms with E-state index < -0.39 is 0 Å². The molecule has 3 rings (SSSR count). The molecule has 17 heavy (non-hydrogen) atoms. The van der Waals surface area contributed by atoms with E-state index in [1.165, 1.54) is 0 Å². The van der Waals surface area contributed by atoms with Gasteiger partial charge in [-0.25, -0.2) is 0 Å². The van der Waals surface area contributed by atoms with Crippen LogP contribution in [-0.2, 0) is 4.79 Å². The van der Waals surface area contributed by atoms with E-state index in [9.17, 15) is 4.79 Å².